The topological polar surface area (TPSA) is 88.4 Å². The van der Waals surface area contributed by atoms with Crippen molar-refractivity contribution in [3.05, 3.63) is 118 Å². The van der Waals surface area contributed by atoms with Gasteiger partial charge < -0.3 is 23.6 Å². The molecule has 0 amide bonds. The normalized spacial score (nSPS) is 13.3. The largest absolute Gasteiger partial charge is 0.488 e. The van der Waals surface area contributed by atoms with Crippen LogP contribution in [0.2, 0.25) is 0 Å². The molecule has 0 fully saturated rings. The number of benzene rings is 5. The number of aromatic nitrogens is 1. The molecule has 5 aromatic carbocycles. The van der Waals surface area contributed by atoms with Crippen LogP contribution in [0.4, 0.5) is 17.6 Å². The summed E-state index contributed by atoms with van der Waals surface area (Å²) in [6.45, 7) is 10.9. The highest BCUT2D eigenvalue weighted by Crippen LogP contribution is 2.39. The van der Waals surface area contributed by atoms with Crippen LogP contribution in [0, 0.1) is 19.8 Å². The number of unbranched alkanes of at least 4 members (excludes halogenated alkanes) is 1. The second-order valence-corrected chi connectivity index (χ2v) is 15.7. The summed E-state index contributed by atoms with van der Waals surface area (Å²) >= 11 is 0. The van der Waals surface area contributed by atoms with E-state index in [0.717, 1.165) is 75.9 Å². The molecule has 6 rings (SSSR count). The molecule has 6 aromatic rings. The molecule has 1 heterocycles. The fourth-order valence-electron chi connectivity index (χ4n) is 7.88. The summed E-state index contributed by atoms with van der Waals surface area (Å²) in [5.41, 5.74) is 5.77. The van der Waals surface area contributed by atoms with Gasteiger partial charge in [-0.2, -0.15) is 8.78 Å². The van der Waals surface area contributed by atoms with E-state index in [9.17, 15) is 27.2 Å². The number of nitrogens with zero attached hydrogens (tertiary/aromatic N) is 2. The Bertz CT molecular complexity index is 2580. The van der Waals surface area contributed by atoms with Crippen molar-refractivity contribution < 1.29 is 46.2 Å². The van der Waals surface area contributed by atoms with Gasteiger partial charge in [0, 0.05) is 64.5 Å². The van der Waals surface area contributed by atoms with Gasteiger partial charge in [0.25, 0.3) is 0 Å². The highest BCUT2D eigenvalue weighted by atomic mass is 19.3. The van der Waals surface area contributed by atoms with Gasteiger partial charge in [-0.25, -0.2) is 13.6 Å². The summed E-state index contributed by atoms with van der Waals surface area (Å²) in [5.74, 6) is -4.21. The molecule has 322 valence electrons. The van der Waals surface area contributed by atoms with Gasteiger partial charge in [-0.1, -0.05) is 68.6 Å². The average Bonchev–Trinajstić information content (AvgIpc) is 3.54. The van der Waals surface area contributed by atoms with Crippen molar-refractivity contribution >= 4 is 50.0 Å². The minimum atomic E-state index is -4.32. The number of halogens is 4. The molecule has 0 aliphatic rings. The van der Waals surface area contributed by atoms with E-state index in [1.807, 2.05) is 74.5 Å². The molecule has 2 unspecified atom stereocenters. The van der Waals surface area contributed by atoms with E-state index in [1.54, 1.807) is 14.0 Å². The van der Waals surface area contributed by atoms with Crippen LogP contribution in [0.15, 0.2) is 90.1 Å². The van der Waals surface area contributed by atoms with Crippen molar-refractivity contribution in [2.24, 2.45) is 11.1 Å². The van der Waals surface area contributed by atoms with Gasteiger partial charge >= 0.3 is 18.3 Å². The molecule has 8 nitrogen and oxygen atoms in total. The summed E-state index contributed by atoms with van der Waals surface area (Å²) in [7, 11) is 1.62. The zero-order chi connectivity index (χ0) is 44.0. The van der Waals surface area contributed by atoms with Crippen molar-refractivity contribution in [3.8, 4) is 11.5 Å². The van der Waals surface area contributed by atoms with Crippen LogP contribution in [0.1, 0.15) is 91.6 Å². The second kappa shape index (κ2) is 19.3. The molecule has 0 bridgehead atoms. The molecular weight excluding hydrogens is 789 g/mol. The molecule has 0 aliphatic heterocycles. The lowest BCUT2D eigenvalue weighted by Crippen LogP contribution is -2.33. The van der Waals surface area contributed by atoms with Gasteiger partial charge in [0.1, 0.15) is 23.3 Å². The molecule has 0 saturated heterocycles. The Kier molecular flexibility index (Phi) is 14.2. The molecule has 0 saturated carbocycles. The minimum Gasteiger partial charge on any atom is -0.488 e. The van der Waals surface area contributed by atoms with E-state index in [4.69, 9.17) is 19.0 Å². The highest BCUT2D eigenvalue weighted by Gasteiger charge is 2.41. The van der Waals surface area contributed by atoms with Crippen molar-refractivity contribution in [1.29, 1.82) is 0 Å². The first-order valence-corrected chi connectivity index (χ1v) is 20.6. The summed E-state index contributed by atoms with van der Waals surface area (Å²) in [6.07, 6.45) is 0.171. The molecule has 0 radical (unpaired) electrons. The zero-order valence-corrected chi connectivity index (χ0v) is 35.6. The van der Waals surface area contributed by atoms with Crippen LogP contribution < -0.4 is 9.47 Å². The van der Waals surface area contributed by atoms with E-state index >= 15 is 0 Å². The van der Waals surface area contributed by atoms with Gasteiger partial charge in [-0.3, -0.25) is 4.79 Å². The Morgan fingerprint density at radius 1 is 0.820 bits per heavy atom. The maximum absolute atomic E-state index is 14.7. The summed E-state index contributed by atoms with van der Waals surface area (Å²) in [4.78, 5) is 32.1. The molecule has 0 aliphatic carbocycles. The zero-order valence-electron chi connectivity index (χ0n) is 35.6. The third-order valence-electron chi connectivity index (χ3n) is 11.0. The van der Waals surface area contributed by atoms with Gasteiger partial charge in [0.2, 0.25) is 0 Å². The van der Waals surface area contributed by atoms with Crippen molar-refractivity contribution in [1.82, 2.24) is 4.57 Å². The van der Waals surface area contributed by atoms with Gasteiger partial charge in [-0.15, -0.1) is 0 Å². The van der Waals surface area contributed by atoms with E-state index in [0.29, 0.717) is 46.2 Å². The molecule has 12 heteroatoms. The predicted octanol–water partition coefficient (Wildman–Crippen LogP) is 12.0. The van der Waals surface area contributed by atoms with E-state index < -0.39 is 24.9 Å². The predicted molar refractivity (Wildman–Crippen MR) is 232 cm³/mol. The number of ketones is 1. The SMILES string of the molecule is CCCCC(CC)Cn1c2ccc(C(=NOC(C)=O)c3ccc(OC(C)COC)cc3C)cc2c2cc(C(=O)c3ccc(OCC(F)(F)C(F)F)cc3C)c3ccccc3c21. The summed E-state index contributed by atoms with van der Waals surface area (Å²) in [6, 6.07) is 25.5. The number of hydrogen-bond donors (Lipinski definition) is 0. The fraction of sp³-hybridized carbons (Fsp3) is 0.367. The summed E-state index contributed by atoms with van der Waals surface area (Å²) in [5, 5.41) is 7.68. The third kappa shape index (κ3) is 9.91. The number of rotatable bonds is 19. The van der Waals surface area contributed by atoms with Crippen LogP contribution in [0.25, 0.3) is 32.6 Å². The van der Waals surface area contributed by atoms with Crippen molar-refractivity contribution in [2.45, 2.75) is 92.2 Å². The monoisotopic (exact) mass is 840 g/mol. The third-order valence-corrected chi connectivity index (χ3v) is 11.0. The van der Waals surface area contributed by atoms with Crippen LogP contribution in [-0.4, -0.2) is 60.8 Å². The first kappa shape index (κ1) is 44.8. The average molecular weight is 841 g/mol. The minimum absolute atomic E-state index is 0.0527. The highest BCUT2D eigenvalue weighted by molar-refractivity contribution is 6.27. The van der Waals surface area contributed by atoms with E-state index in [2.05, 4.69) is 29.6 Å². The number of hydrogen-bond acceptors (Lipinski definition) is 7. The van der Waals surface area contributed by atoms with Crippen LogP contribution in [0.5, 0.6) is 11.5 Å². The molecule has 61 heavy (non-hydrogen) atoms. The number of oxime groups is 1. The van der Waals surface area contributed by atoms with Crippen LogP contribution in [0.3, 0.4) is 0 Å². The fourth-order valence-corrected chi connectivity index (χ4v) is 7.88. The Morgan fingerprint density at radius 3 is 2.16 bits per heavy atom. The Labute approximate surface area is 353 Å². The number of carbonyl (C=O) groups is 2. The number of methoxy groups -OCH3 is 1. The number of ether oxygens (including phenoxy) is 3. The standard InChI is InChI=1S/C49H52F4N2O6/c1-8-10-13-33(9-2)26-55-44-21-16-34(45(54-61-32(6)56)37-19-18-36(23-29(37)3)60-31(5)27-58-7)24-41(44)42-25-43(39-14-11-12-15-40(39)46(42)55)47(57)38-20-17-35(22-30(38)4)59-28-49(52,53)48(50)51/h11-12,14-25,31,33,48H,8-10,13,26-28H2,1-7H3. The van der Waals surface area contributed by atoms with Crippen LogP contribution in [-0.2, 0) is 20.9 Å². The maximum Gasteiger partial charge on any atom is 0.340 e. The molecule has 1 aromatic heterocycles. The number of carbonyl (C=O) groups excluding carboxylic acids is 2. The molecule has 0 spiro atoms. The lowest BCUT2D eigenvalue weighted by Gasteiger charge is -2.19. The Morgan fingerprint density at radius 2 is 1.51 bits per heavy atom. The Hall–Kier alpha value is -5.75. The quantitative estimate of drug-likeness (QED) is 0.0265. The summed E-state index contributed by atoms with van der Waals surface area (Å²) < 4.78 is 71.6. The number of alkyl halides is 4. The van der Waals surface area contributed by atoms with E-state index in [1.165, 1.54) is 25.1 Å². The van der Waals surface area contributed by atoms with Crippen molar-refractivity contribution in [3.63, 3.8) is 0 Å². The first-order valence-electron chi connectivity index (χ1n) is 20.6. The Balaban J connectivity index is 1.54. The van der Waals surface area contributed by atoms with Gasteiger partial charge in [0.15, 0.2) is 12.4 Å². The maximum atomic E-state index is 14.7. The number of fused-ring (bicyclic) bond motifs is 5. The lowest BCUT2D eigenvalue weighted by molar-refractivity contribution is -0.148. The first-order chi connectivity index (χ1) is 29.2. The second-order valence-electron chi connectivity index (χ2n) is 15.7. The molecule has 0 N–H and O–H groups in total. The van der Waals surface area contributed by atoms with E-state index in [-0.39, 0.29) is 17.6 Å². The van der Waals surface area contributed by atoms with Gasteiger partial charge in [0.05, 0.1) is 12.1 Å². The van der Waals surface area contributed by atoms with Crippen molar-refractivity contribution in [2.75, 3.05) is 20.3 Å². The molecular formula is C49H52F4N2O6. The number of aryl methyl sites for hydroxylation is 2. The molecule has 2 atom stereocenters. The smallest absolute Gasteiger partial charge is 0.340 e. The van der Waals surface area contributed by atoms with Gasteiger partial charge in [-0.05, 0) is 104 Å². The lowest BCUT2D eigenvalue weighted by atomic mass is 9.92. The van der Waals surface area contributed by atoms with Crippen LogP contribution >= 0.6 is 0 Å².